The molecule has 5 heteroatoms. The van der Waals surface area contributed by atoms with E-state index in [1.807, 2.05) is 25.2 Å². The SMILES string of the molecule is CN1CCCC(Nc2ccccc2Cl)(C(N)=O)C1. The van der Waals surface area contributed by atoms with Crippen molar-refractivity contribution in [2.24, 2.45) is 5.73 Å². The van der Waals surface area contributed by atoms with E-state index in [9.17, 15) is 4.79 Å². The number of nitrogens with one attached hydrogen (secondary N) is 1. The summed E-state index contributed by atoms with van der Waals surface area (Å²) in [7, 11) is 1.99. The Kier molecular flexibility index (Phi) is 3.78. The topological polar surface area (TPSA) is 58.4 Å². The van der Waals surface area contributed by atoms with Gasteiger partial charge in [0.05, 0.1) is 10.7 Å². The van der Waals surface area contributed by atoms with E-state index >= 15 is 0 Å². The lowest BCUT2D eigenvalue weighted by atomic mass is 9.88. The summed E-state index contributed by atoms with van der Waals surface area (Å²) < 4.78 is 0. The summed E-state index contributed by atoms with van der Waals surface area (Å²) in [5.41, 5.74) is 5.62. The van der Waals surface area contributed by atoms with Crippen LogP contribution in [0.5, 0.6) is 0 Å². The van der Waals surface area contributed by atoms with Gasteiger partial charge < -0.3 is 16.0 Å². The van der Waals surface area contributed by atoms with Gasteiger partial charge in [-0.1, -0.05) is 23.7 Å². The molecular formula is C13H18ClN3O. The highest BCUT2D eigenvalue weighted by molar-refractivity contribution is 6.33. The number of halogens is 1. The number of carbonyl (C=O) groups is 1. The number of benzene rings is 1. The van der Waals surface area contributed by atoms with Gasteiger partial charge in [-0.3, -0.25) is 4.79 Å². The molecule has 0 saturated carbocycles. The molecule has 1 heterocycles. The van der Waals surface area contributed by atoms with Crippen molar-refractivity contribution in [1.29, 1.82) is 0 Å². The van der Waals surface area contributed by atoms with Crippen LogP contribution in [0.25, 0.3) is 0 Å². The zero-order valence-electron chi connectivity index (χ0n) is 10.4. The quantitative estimate of drug-likeness (QED) is 0.876. The Hall–Kier alpha value is -1.26. The number of primary amides is 1. The molecule has 0 radical (unpaired) electrons. The van der Waals surface area contributed by atoms with E-state index in [0.717, 1.165) is 25.1 Å². The Labute approximate surface area is 112 Å². The smallest absolute Gasteiger partial charge is 0.244 e. The molecule has 1 unspecified atom stereocenters. The van der Waals surface area contributed by atoms with Gasteiger partial charge >= 0.3 is 0 Å². The van der Waals surface area contributed by atoms with Crippen LogP contribution in [-0.4, -0.2) is 36.5 Å². The van der Waals surface area contributed by atoms with E-state index in [1.165, 1.54) is 0 Å². The lowest BCUT2D eigenvalue weighted by Gasteiger charge is -2.40. The molecule has 1 aliphatic rings. The predicted molar refractivity (Wildman–Crippen MR) is 73.7 cm³/mol. The first-order chi connectivity index (χ1) is 8.53. The molecule has 18 heavy (non-hydrogen) atoms. The van der Waals surface area contributed by atoms with Gasteiger partial charge in [-0.25, -0.2) is 0 Å². The van der Waals surface area contributed by atoms with Crippen LogP contribution in [0.2, 0.25) is 5.02 Å². The minimum atomic E-state index is -0.724. The first-order valence-corrected chi connectivity index (χ1v) is 6.42. The minimum absolute atomic E-state index is 0.325. The zero-order chi connectivity index (χ0) is 13.2. The summed E-state index contributed by atoms with van der Waals surface area (Å²) >= 11 is 6.12. The third-order valence-corrected chi connectivity index (χ3v) is 3.73. The van der Waals surface area contributed by atoms with Crippen molar-refractivity contribution in [3.05, 3.63) is 29.3 Å². The maximum absolute atomic E-state index is 11.8. The summed E-state index contributed by atoms with van der Waals surface area (Å²) in [5, 5.41) is 3.85. The second-order valence-electron chi connectivity index (χ2n) is 4.89. The molecule has 1 aliphatic heterocycles. The van der Waals surface area contributed by atoms with Gasteiger partial charge in [0.25, 0.3) is 0 Å². The van der Waals surface area contributed by atoms with Crippen molar-refractivity contribution in [3.8, 4) is 0 Å². The predicted octanol–water partition coefficient (Wildman–Crippen LogP) is 1.70. The maximum Gasteiger partial charge on any atom is 0.244 e. The van der Waals surface area contributed by atoms with Gasteiger partial charge in [-0.2, -0.15) is 0 Å². The van der Waals surface area contributed by atoms with Gasteiger partial charge in [0, 0.05) is 6.54 Å². The monoisotopic (exact) mass is 267 g/mol. The number of hydrogen-bond donors (Lipinski definition) is 2. The van der Waals surface area contributed by atoms with Crippen LogP contribution < -0.4 is 11.1 Å². The Balaban J connectivity index is 2.26. The van der Waals surface area contributed by atoms with Crippen LogP contribution in [0.1, 0.15) is 12.8 Å². The first-order valence-electron chi connectivity index (χ1n) is 6.05. The molecule has 1 atom stereocenters. The molecule has 2 rings (SSSR count). The molecule has 0 aliphatic carbocycles. The van der Waals surface area contributed by atoms with Crippen molar-refractivity contribution in [1.82, 2.24) is 4.90 Å². The van der Waals surface area contributed by atoms with Crippen LogP contribution in [0.4, 0.5) is 5.69 Å². The van der Waals surface area contributed by atoms with Crippen LogP contribution in [0, 0.1) is 0 Å². The summed E-state index contributed by atoms with van der Waals surface area (Å²) in [6.45, 7) is 1.59. The Morgan fingerprint density at radius 3 is 2.83 bits per heavy atom. The van der Waals surface area contributed by atoms with Gasteiger partial charge in [0.1, 0.15) is 5.54 Å². The normalized spacial score (nSPS) is 24.8. The number of amides is 1. The average Bonchev–Trinajstić information content (AvgIpc) is 2.32. The van der Waals surface area contributed by atoms with Gasteiger partial charge in [0.2, 0.25) is 5.91 Å². The number of carbonyl (C=O) groups excluding carboxylic acids is 1. The zero-order valence-corrected chi connectivity index (χ0v) is 11.2. The molecular weight excluding hydrogens is 250 g/mol. The van der Waals surface area contributed by atoms with Crippen molar-refractivity contribution < 1.29 is 4.79 Å². The average molecular weight is 268 g/mol. The Bertz CT molecular complexity index is 452. The van der Waals surface area contributed by atoms with Gasteiger partial charge in [-0.05, 0) is 38.6 Å². The largest absolute Gasteiger partial charge is 0.369 e. The Morgan fingerprint density at radius 2 is 2.22 bits per heavy atom. The van der Waals surface area contributed by atoms with Gasteiger partial charge in [-0.15, -0.1) is 0 Å². The highest BCUT2D eigenvalue weighted by Crippen LogP contribution is 2.29. The molecule has 1 saturated heterocycles. The number of hydrogen-bond acceptors (Lipinski definition) is 3. The molecule has 4 nitrogen and oxygen atoms in total. The molecule has 3 N–H and O–H groups in total. The molecule has 1 aromatic carbocycles. The lowest BCUT2D eigenvalue weighted by Crippen LogP contribution is -2.59. The number of anilines is 1. The molecule has 0 spiro atoms. The van der Waals surface area contributed by atoms with Crippen LogP contribution in [-0.2, 0) is 4.79 Å². The second kappa shape index (κ2) is 5.16. The van der Waals surface area contributed by atoms with Crippen molar-refractivity contribution >= 4 is 23.2 Å². The second-order valence-corrected chi connectivity index (χ2v) is 5.30. The van der Waals surface area contributed by atoms with E-state index in [2.05, 4.69) is 10.2 Å². The molecule has 98 valence electrons. The summed E-state index contributed by atoms with van der Waals surface area (Å²) in [6.07, 6.45) is 1.68. The minimum Gasteiger partial charge on any atom is -0.369 e. The summed E-state index contributed by atoms with van der Waals surface area (Å²) in [4.78, 5) is 13.9. The standard InChI is InChI=1S/C13H18ClN3O/c1-17-8-4-7-13(9-17,12(15)18)16-11-6-3-2-5-10(11)14/h2-3,5-6,16H,4,7-9H2,1H3,(H2,15,18). The van der Waals surface area contributed by atoms with Crippen molar-refractivity contribution in [2.45, 2.75) is 18.4 Å². The number of nitrogens with two attached hydrogens (primary N) is 1. The van der Waals surface area contributed by atoms with Crippen molar-refractivity contribution in [3.63, 3.8) is 0 Å². The van der Waals surface area contributed by atoms with E-state index in [-0.39, 0.29) is 5.91 Å². The number of likely N-dealkylation sites (N-methyl/N-ethyl adjacent to an activating group) is 1. The van der Waals surface area contributed by atoms with E-state index in [4.69, 9.17) is 17.3 Å². The number of likely N-dealkylation sites (tertiary alicyclic amines) is 1. The van der Waals surface area contributed by atoms with E-state index in [1.54, 1.807) is 6.07 Å². The third kappa shape index (κ3) is 2.60. The molecule has 1 aromatic rings. The van der Waals surface area contributed by atoms with E-state index in [0.29, 0.717) is 11.6 Å². The highest BCUT2D eigenvalue weighted by atomic mass is 35.5. The highest BCUT2D eigenvalue weighted by Gasteiger charge is 2.40. The summed E-state index contributed by atoms with van der Waals surface area (Å²) in [6, 6.07) is 7.40. The number of para-hydroxylation sites is 1. The number of rotatable bonds is 3. The molecule has 0 bridgehead atoms. The van der Waals surface area contributed by atoms with Crippen LogP contribution in [0.15, 0.2) is 24.3 Å². The fraction of sp³-hybridized carbons (Fsp3) is 0.462. The maximum atomic E-state index is 11.8. The molecule has 1 amide bonds. The van der Waals surface area contributed by atoms with Crippen molar-refractivity contribution in [2.75, 3.05) is 25.5 Å². The number of nitrogens with zero attached hydrogens (tertiary/aromatic N) is 1. The van der Waals surface area contributed by atoms with Crippen LogP contribution >= 0.6 is 11.6 Å². The molecule has 1 fully saturated rings. The third-order valence-electron chi connectivity index (χ3n) is 3.40. The lowest BCUT2D eigenvalue weighted by molar-refractivity contribution is -0.123. The first kappa shape index (κ1) is 13.2. The number of piperidine rings is 1. The van der Waals surface area contributed by atoms with Gasteiger partial charge in [0.15, 0.2) is 0 Å². The van der Waals surface area contributed by atoms with E-state index < -0.39 is 5.54 Å². The fourth-order valence-corrected chi connectivity index (χ4v) is 2.64. The fourth-order valence-electron chi connectivity index (χ4n) is 2.45. The van der Waals surface area contributed by atoms with Crippen LogP contribution in [0.3, 0.4) is 0 Å². The summed E-state index contributed by atoms with van der Waals surface area (Å²) in [5.74, 6) is -0.325. The molecule has 0 aromatic heterocycles. The Morgan fingerprint density at radius 1 is 1.50 bits per heavy atom.